The van der Waals surface area contributed by atoms with Crippen molar-refractivity contribution in [2.45, 2.75) is 67.2 Å². The van der Waals surface area contributed by atoms with Crippen molar-refractivity contribution in [1.29, 1.82) is 0 Å². The Morgan fingerprint density at radius 3 is 1.50 bits per heavy atom. The van der Waals surface area contributed by atoms with Crippen LogP contribution in [0.5, 0.6) is 0 Å². The molecule has 0 fully saturated rings. The van der Waals surface area contributed by atoms with E-state index in [-0.39, 0.29) is 0 Å². The van der Waals surface area contributed by atoms with Gasteiger partial charge in [-0.25, -0.2) is 0 Å². The van der Waals surface area contributed by atoms with E-state index in [0.29, 0.717) is 0 Å². The van der Waals surface area contributed by atoms with Gasteiger partial charge in [-0.1, -0.05) is 51.1 Å². The SMILES string of the molecule is CCC(CC(C)C)c1ccccc1.CC[N+](CC)(CC)CC. The standard InChI is InChI=1S/C13H20.C8H20N/c1-4-12(10-11(2)3)13-8-6-5-7-9-13;1-5-9(6-2,7-3)8-4/h5-9,11-12H,4,10H2,1-3H3;5-8H2,1-4H3/q;+1. The molecule has 0 spiro atoms. The summed E-state index contributed by atoms with van der Waals surface area (Å²) in [5.74, 6) is 1.55. The van der Waals surface area contributed by atoms with Gasteiger partial charge >= 0.3 is 0 Å². The maximum Gasteiger partial charge on any atom is 0.0757 e. The molecule has 1 heteroatoms. The normalized spacial score (nSPS) is 12.7. The highest BCUT2D eigenvalue weighted by Gasteiger charge is 2.16. The van der Waals surface area contributed by atoms with Gasteiger partial charge < -0.3 is 4.48 Å². The van der Waals surface area contributed by atoms with Gasteiger partial charge in [0.25, 0.3) is 0 Å². The molecule has 0 saturated carbocycles. The van der Waals surface area contributed by atoms with Crippen molar-refractivity contribution in [3.63, 3.8) is 0 Å². The first kappa shape index (κ1) is 21.2. The van der Waals surface area contributed by atoms with E-state index in [4.69, 9.17) is 0 Å². The molecular weight excluding hydrogens is 266 g/mol. The van der Waals surface area contributed by atoms with E-state index in [0.717, 1.165) is 11.8 Å². The first-order valence-corrected chi connectivity index (χ1v) is 9.38. The lowest BCUT2D eigenvalue weighted by atomic mass is 9.88. The van der Waals surface area contributed by atoms with Crippen LogP contribution in [0.3, 0.4) is 0 Å². The third-order valence-electron chi connectivity index (χ3n) is 5.20. The van der Waals surface area contributed by atoms with Crippen LogP contribution in [0.25, 0.3) is 0 Å². The molecule has 0 heterocycles. The number of rotatable bonds is 8. The topological polar surface area (TPSA) is 0 Å². The van der Waals surface area contributed by atoms with E-state index in [1.165, 1.54) is 49.1 Å². The molecular formula is C21H40N+. The van der Waals surface area contributed by atoms with Gasteiger partial charge in [0, 0.05) is 0 Å². The second-order valence-corrected chi connectivity index (χ2v) is 6.75. The van der Waals surface area contributed by atoms with E-state index in [1.54, 1.807) is 0 Å². The quantitative estimate of drug-likeness (QED) is 0.508. The summed E-state index contributed by atoms with van der Waals surface area (Å²) < 4.78 is 1.28. The van der Waals surface area contributed by atoms with E-state index in [1.807, 2.05) is 0 Å². The lowest BCUT2D eigenvalue weighted by molar-refractivity contribution is -0.921. The van der Waals surface area contributed by atoms with Gasteiger partial charge in [0.1, 0.15) is 0 Å². The molecule has 0 saturated heterocycles. The van der Waals surface area contributed by atoms with Gasteiger partial charge in [-0.3, -0.25) is 0 Å². The fourth-order valence-electron chi connectivity index (χ4n) is 3.17. The fourth-order valence-corrected chi connectivity index (χ4v) is 3.17. The predicted molar refractivity (Wildman–Crippen MR) is 101 cm³/mol. The second kappa shape index (κ2) is 11.7. The maximum absolute atomic E-state index is 2.30. The molecule has 0 aromatic heterocycles. The van der Waals surface area contributed by atoms with Crippen LogP contribution < -0.4 is 0 Å². The molecule has 0 N–H and O–H groups in total. The molecule has 0 aliphatic heterocycles. The Bertz CT molecular complexity index is 334. The average molecular weight is 307 g/mol. The Hall–Kier alpha value is -0.820. The largest absolute Gasteiger partial charge is 0.325 e. The summed E-state index contributed by atoms with van der Waals surface area (Å²) in [7, 11) is 0. The van der Waals surface area contributed by atoms with Gasteiger partial charge in [0.2, 0.25) is 0 Å². The van der Waals surface area contributed by atoms with Gasteiger partial charge in [0.15, 0.2) is 0 Å². The summed E-state index contributed by atoms with van der Waals surface area (Å²) in [5.41, 5.74) is 1.50. The zero-order valence-corrected chi connectivity index (χ0v) is 16.2. The highest BCUT2D eigenvalue weighted by molar-refractivity contribution is 5.19. The van der Waals surface area contributed by atoms with Crippen LogP contribution in [0.15, 0.2) is 30.3 Å². The highest BCUT2D eigenvalue weighted by atomic mass is 15.3. The van der Waals surface area contributed by atoms with E-state index < -0.39 is 0 Å². The monoisotopic (exact) mass is 306 g/mol. The van der Waals surface area contributed by atoms with E-state index in [9.17, 15) is 0 Å². The Labute approximate surface area is 140 Å². The van der Waals surface area contributed by atoms with Crippen LogP contribution in [0.1, 0.15) is 72.8 Å². The summed E-state index contributed by atoms with van der Waals surface area (Å²) in [6.45, 7) is 21.1. The smallest absolute Gasteiger partial charge is 0.0757 e. The third kappa shape index (κ3) is 7.45. The van der Waals surface area contributed by atoms with Gasteiger partial charge in [-0.05, 0) is 57.9 Å². The zero-order chi connectivity index (χ0) is 17.0. The maximum atomic E-state index is 2.30. The van der Waals surface area contributed by atoms with Crippen molar-refractivity contribution >= 4 is 0 Å². The summed E-state index contributed by atoms with van der Waals surface area (Å²) in [5, 5.41) is 0. The minimum absolute atomic E-state index is 0.751. The Kier molecular flexibility index (Phi) is 11.3. The summed E-state index contributed by atoms with van der Waals surface area (Å²) in [4.78, 5) is 0. The van der Waals surface area contributed by atoms with Crippen molar-refractivity contribution in [3.8, 4) is 0 Å². The Morgan fingerprint density at radius 1 is 0.773 bits per heavy atom. The van der Waals surface area contributed by atoms with E-state index in [2.05, 4.69) is 78.8 Å². The van der Waals surface area contributed by atoms with E-state index >= 15 is 0 Å². The molecule has 1 unspecified atom stereocenters. The molecule has 22 heavy (non-hydrogen) atoms. The lowest BCUT2D eigenvalue weighted by Crippen LogP contribution is -2.47. The minimum atomic E-state index is 0.751. The summed E-state index contributed by atoms with van der Waals surface area (Å²) in [6, 6.07) is 10.9. The zero-order valence-electron chi connectivity index (χ0n) is 16.2. The van der Waals surface area contributed by atoms with Gasteiger partial charge in [-0.15, -0.1) is 0 Å². The van der Waals surface area contributed by atoms with Crippen LogP contribution in [0.4, 0.5) is 0 Å². The molecule has 0 amide bonds. The third-order valence-corrected chi connectivity index (χ3v) is 5.20. The Morgan fingerprint density at radius 2 is 1.23 bits per heavy atom. The fraction of sp³-hybridized carbons (Fsp3) is 0.714. The van der Waals surface area contributed by atoms with Crippen molar-refractivity contribution in [1.82, 2.24) is 0 Å². The second-order valence-electron chi connectivity index (χ2n) is 6.75. The molecule has 0 aliphatic rings. The molecule has 1 nitrogen and oxygen atoms in total. The summed E-state index contributed by atoms with van der Waals surface area (Å²) >= 11 is 0. The number of nitrogens with zero attached hydrogens (tertiary/aromatic N) is 1. The van der Waals surface area contributed by atoms with Crippen molar-refractivity contribution in [2.24, 2.45) is 5.92 Å². The molecule has 1 aromatic carbocycles. The molecule has 0 bridgehead atoms. The van der Waals surface area contributed by atoms with Crippen LogP contribution in [-0.4, -0.2) is 30.7 Å². The molecule has 128 valence electrons. The van der Waals surface area contributed by atoms with Crippen LogP contribution in [-0.2, 0) is 0 Å². The lowest BCUT2D eigenvalue weighted by Gasteiger charge is -2.34. The van der Waals surface area contributed by atoms with Crippen molar-refractivity contribution < 1.29 is 4.48 Å². The first-order chi connectivity index (χ1) is 10.5. The van der Waals surface area contributed by atoms with Gasteiger partial charge in [0.05, 0.1) is 26.2 Å². The molecule has 1 atom stereocenters. The van der Waals surface area contributed by atoms with Crippen LogP contribution in [0, 0.1) is 5.92 Å². The number of hydrogen-bond donors (Lipinski definition) is 0. The number of benzene rings is 1. The average Bonchev–Trinajstić information content (AvgIpc) is 2.56. The van der Waals surface area contributed by atoms with Crippen LogP contribution in [0.2, 0.25) is 0 Å². The molecule has 1 aromatic rings. The predicted octanol–water partition coefficient (Wildman–Crippen LogP) is 6.11. The highest BCUT2D eigenvalue weighted by Crippen LogP contribution is 2.26. The van der Waals surface area contributed by atoms with Gasteiger partial charge in [-0.2, -0.15) is 0 Å². The molecule has 0 aliphatic carbocycles. The van der Waals surface area contributed by atoms with Crippen LogP contribution >= 0.6 is 0 Å². The first-order valence-electron chi connectivity index (χ1n) is 9.38. The summed E-state index contributed by atoms with van der Waals surface area (Å²) in [6.07, 6.45) is 2.56. The Balaban J connectivity index is 0.000000433. The minimum Gasteiger partial charge on any atom is -0.325 e. The van der Waals surface area contributed by atoms with Crippen molar-refractivity contribution in [2.75, 3.05) is 26.2 Å². The molecule has 1 rings (SSSR count). The number of quaternary nitrogens is 1. The molecule has 0 radical (unpaired) electrons. The van der Waals surface area contributed by atoms with Crippen molar-refractivity contribution in [3.05, 3.63) is 35.9 Å². The number of hydrogen-bond acceptors (Lipinski definition) is 0.